The molecule has 1 aromatic carbocycles. The highest BCUT2D eigenvalue weighted by Crippen LogP contribution is 2.16. The molecule has 1 amide bonds. The molecule has 5 heteroatoms. The maximum atomic E-state index is 11.8. The molecule has 0 aliphatic carbocycles. The second-order valence-electron chi connectivity index (χ2n) is 4.70. The number of rotatable bonds is 4. The maximum Gasteiger partial charge on any atom is 0.220 e. The standard InChI is InChI=1S/C14H19ClN2O.ClH/c15-13-6-2-1-4-11(13)7-8-14(18)17-12-5-3-9-16-10-12;/h1-2,4,6,12,16H,3,5,7-10H2,(H,17,18);1H/t12-;/m0./s1. The van der Waals surface area contributed by atoms with E-state index in [4.69, 9.17) is 11.6 Å². The van der Waals surface area contributed by atoms with Gasteiger partial charge in [0.25, 0.3) is 0 Å². The number of halogens is 2. The summed E-state index contributed by atoms with van der Waals surface area (Å²) < 4.78 is 0. The van der Waals surface area contributed by atoms with Crippen molar-refractivity contribution in [3.8, 4) is 0 Å². The zero-order valence-electron chi connectivity index (χ0n) is 10.8. The number of nitrogens with one attached hydrogen (secondary N) is 2. The minimum absolute atomic E-state index is 0. The first-order chi connectivity index (χ1) is 8.75. The molecule has 1 aliphatic heterocycles. The molecule has 106 valence electrons. The van der Waals surface area contributed by atoms with Crippen LogP contribution < -0.4 is 10.6 Å². The average molecular weight is 303 g/mol. The minimum atomic E-state index is 0. The van der Waals surface area contributed by atoms with Gasteiger partial charge in [-0.05, 0) is 37.4 Å². The van der Waals surface area contributed by atoms with E-state index in [0.717, 1.165) is 36.5 Å². The van der Waals surface area contributed by atoms with Gasteiger partial charge in [0, 0.05) is 24.0 Å². The van der Waals surface area contributed by atoms with Crippen molar-refractivity contribution in [2.24, 2.45) is 0 Å². The van der Waals surface area contributed by atoms with E-state index >= 15 is 0 Å². The van der Waals surface area contributed by atoms with Gasteiger partial charge in [0.15, 0.2) is 0 Å². The largest absolute Gasteiger partial charge is 0.352 e. The maximum absolute atomic E-state index is 11.8. The molecular formula is C14H20Cl2N2O. The molecule has 1 aromatic rings. The third-order valence-corrected chi connectivity index (χ3v) is 3.61. The van der Waals surface area contributed by atoms with Crippen LogP contribution >= 0.6 is 24.0 Å². The molecule has 0 radical (unpaired) electrons. The van der Waals surface area contributed by atoms with Gasteiger partial charge in [0.05, 0.1) is 0 Å². The van der Waals surface area contributed by atoms with Gasteiger partial charge in [0.2, 0.25) is 5.91 Å². The number of carbonyl (C=O) groups is 1. The number of carbonyl (C=O) groups excluding carboxylic acids is 1. The van der Waals surface area contributed by atoms with E-state index in [-0.39, 0.29) is 24.4 Å². The Kier molecular flexibility index (Phi) is 7.21. The lowest BCUT2D eigenvalue weighted by atomic mass is 10.1. The number of piperidine rings is 1. The van der Waals surface area contributed by atoms with Crippen molar-refractivity contribution in [1.29, 1.82) is 0 Å². The molecule has 1 saturated heterocycles. The lowest BCUT2D eigenvalue weighted by Gasteiger charge is -2.23. The summed E-state index contributed by atoms with van der Waals surface area (Å²) in [7, 11) is 0. The number of amides is 1. The molecule has 0 aromatic heterocycles. The topological polar surface area (TPSA) is 41.1 Å². The van der Waals surface area contributed by atoms with Gasteiger partial charge in [-0.1, -0.05) is 29.8 Å². The van der Waals surface area contributed by atoms with Crippen molar-refractivity contribution < 1.29 is 4.79 Å². The normalized spacial score (nSPS) is 18.5. The summed E-state index contributed by atoms with van der Waals surface area (Å²) in [4.78, 5) is 11.8. The minimum Gasteiger partial charge on any atom is -0.352 e. The van der Waals surface area contributed by atoms with Gasteiger partial charge in [-0.25, -0.2) is 0 Å². The predicted octanol–water partition coefficient (Wildman–Crippen LogP) is 2.56. The van der Waals surface area contributed by atoms with Gasteiger partial charge in [-0.2, -0.15) is 0 Å². The van der Waals surface area contributed by atoms with Gasteiger partial charge >= 0.3 is 0 Å². The molecule has 1 aliphatic rings. The molecule has 2 N–H and O–H groups in total. The van der Waals surface area contributed by atoms with Crippen molar-refractivity contribution in [3.63, 3.8) is 0 Å². The molecule has 2 rings (SSSR count). The first kappa shape index (κ1) is 16.3. The third kappa shape index (κ3) is 5.39. The Labute approximate surface area is 125 Å². The Morgan fingerprint density at radius 3 is 2.89 bits per heavy atom. The number of benzene rings is 1. The van der Waals surface area contributed by atoms with Crippen molar-refractivity contribution in [2.45, 2.75) is 31.7 Å². The summed E-state index contributed by atoms with van der Waals surface area (Å²) in [5, 5.41) is 7.09. The van der Waals surface area contributed by atoms with Crippen molar-refractivity contribution >= 4 is 29.9 Å². The molecule has 0 bridgehead atoms. The second kappa shape index (κ2) is 8.41. The summed E-state index contributed by atoms with van der Waals surface area (Å²) >= 11 is 6.06. The van der Waals surface area contributed by atoms with E-state index in [2.05, 4.69) is 10.6 Å². The predicted molar refractivity (Wildman–Crippen MR) is 81.1 cm³/mol. The van der Waals surface area contributed by atoms with Crippen LogP contribution in [0.5, 0.6) is 0 Å². The fraction of sp³-hybridized carbons (Fsp3) is 0.500. The van der Waals surface area contributed by atoms with Crippen LogP contribution in [0, 0.1) is 0 Å². The van der Waals surface area contributed by atoms with E-state index in [1.165, 1.54) is 0 Å². The molecule has 0 unspecified atom stereocenters. The Morgan fingerprint density at radius 2 is 2.21 bits per heavy atom. The average Bonchev–Trinajstić information content (AvgIpc) is 2.39. The molecule has 0 spiro atoms. The number of aryl methyl sites for hydroxylation is 1. The van der Waals surface area contributed by atoms with Crippen LogP contribution in [0.3, 0.4) is 0 Å². The molecular weight excluding hydrogens is 283 g/mol. The SMILES string of the molecule is Cl.O=C(CCc1ccccc1Cl)N[C@H]1CCCNC1. The molecule has 19 heavy (non-hydrogen) atoms. The number of hydrogen-bond donors (Lipinski definition) is 2. The van der Waals surface area contributed by atoms with Crippen molar-refractivity contribution in [1.82, 2.24) is 10.6 Å². The van der Waals surface area contributed by atoms with Crippen LogP contribution in [0.15, 0.2) is 24.3 Å². The van der Waals surface area contributed by atoms with Gasteiger partial charge in [-0.3, -0.25) is 4.79 Å². The Morgan fingerprint density at radius 1 is 1.42 bits per heavy atom. The molecule has 0 saturated carbocycles. The summed E-state index contributed by atoms with van der Waals surface area (Å²) in [6, 6.07) is 7.97. The zero-order chi connectivity index (χ0) is 12.8. The highest BCUT2D eigenvalue weighted by molar-refractivity contribution is 6.31. The molecule has 1 heterocycles. The van der Waals surface area contributed by atoms with Gasteiger partial charge < -0.3 is 10.6 Å². The Hall–Kier alpha value is -0.770. The van der Waals surface area contributed by atoms with E-state index in [1.807, 2.05) is 24.3 Å². The van der Waals surface area contributed by atoms with Gasteiger partial charge in [-0.15, -0.1) is 12.4 Å². The fourth-order valence-electron chi connectivity index (χ4n) is 2.22. The summed E-state index contributed by atoms with van der Waals surface area (Å²) in [5.74, 6) is 0.114. The Balaban J connectivity index is 0.00000180. The molecule has 1 atom stereocenters. The molecule has 3 nitrogen and oxygen atoms in total. The fourth-order valence-corrected chi connectivity index (χ4v) is 2.45. The van der Waals surface area contributed by atoms with E-state index in [9.17, 15) is 4.79 Å². The smallest absolute Gasteiger partial charge is 0.220 e. The Bertz CT molecular complexity index is 406. The monoisotopic (exact) mass is 302 g/mol. The summed E-state index contributed by atoms with van der Waals surface area (Å²) in [6.45, 7) is 1.95. The number of hydrogen-bond acceptors (Lipinski definition) is 2. The van der Waals surface area contributed by atoms with Crippen LogP contribution in [0.2, 0.25) is 5.02 Å². The van der Waals surface area contributed by atoms with Crippen molar-refractivity contribution in [2.75, 3.05) is 13.1 Å². The van der Waals surface area contributed by atoms with Crippen LogP contribution in [0.25, 0.3) is 0 Å². The quantitative estimate of drug-likeness (QED) is 0.897. The van der Waals surface area contributed by atoms with Crippen molar-refractivity contribution in [3.05, 3.63) is 34.9 Å². The summed E-state index contributed by atoms with van der Waals surface area (Å²) in [6.07, 6.45) is 3.41. The van der Waals surface area contributed by atoms with E-state index in [1.54, 1.807) is 0 Å². The highest BCUT2D eigenvalue weighted by Gasteiger charge is 2.15. The van der Waals surface area contributed by atoms with Crippen LogP contribution in [-0.4, -0.2) is 25.0 Å². The summed E-state index contributed by atoms with van der Waals surface area (Å²) in [5.41, 5.74) is 1.04. The van der Waals surface area contributed by atoms with E-state index < -0.39 is 0 Å². The first-order valence-corrected chi connectivity index (χ1v) is 6.87. The van der Waals surface area contributed by atoms with Crippen LogP contribution in [-0.2, 0) is 11.2 Å². The van der Waals surface area contributed by atoms with Gasteiger partial charge in [0.1, 0.15) is 0 Å². The molecule has 1 fully saturated rings. The third-order valence-electron chi connectivity index (χ3n) is 3.24. The first-order valence-electron chi connectivity index (χ1n) is 6.49. The zero-order valence-corrected chi connectivity index (χ0v) is 12.4. The second-order valence-corrected chi connectivity index (χ2v) is 5.11. The highest BCUT2D eigenvalue weighted by atomic mass is 35.5. The van der Waals surface area contributed by atoms with Crippen LogP contribution in [0.4, 0.5) is 0 Å². The lowest BCUT2D eigenvalue weighted by Crippen LogP contribution is -2.45. The van der Waals surface area contributed by atoms with Crippen LogP contribution in [0.1, 0.15) is 24.8 Å². The van der Waals surface area contributed by atoms with E-state index in [0.29, 0.717) is 12.8 Å². The lowest BCUT2D eigenvalue weighted by molar-refractivity contribution is -0.121.